The number of carbonyl (C=O) groups excluding carboxylic acids is 1. The van der Waals surface area contributed by atoms with E-state index in [9.17, 15) is 18.4 Å². The van der Waals surface area contributed by atoms with Gasteiger partial charge in [0.15, 0.2) is 0 Å². The van der Waals surface area contributed by atoms with Crippen LogP contribution in [0.25, 0.3) is 12.2 Å². The SMILES string of the molecule is COC(=O)/C=C/c1ccc(F)cc1.O=C(O)/C=C/c1ccc(F)cc1. The highest BCUT2D eigenvalue weighted by molar-refractivity contribution is 5.86. The Kier molecular flexibility index (Phi) is 8.29. The molecule has 0 amide bonds. The van der Waals surface area contributed by atoms with Crippen LogP contribution in [-0.2, 0) is 14.3 Å². The predicted molar refractivity (Wildman–Crippen MR) is 90.5 cm³/mol. The summed E-state index contributed by atoms with van der Waals surface area (Å²) in [6, 6.07) is 11.4. The smallest absolute Gasteiger partial charge is 0.330 e. The maximum Gasteiger partial charge on any atom is 0.330 e. The van der Waals surface area contributed by atoms with Crippen LogP contribution in [0.2, 0.25) is 0 Å². The van der Waals surface area contributed by atoms with Crippen LogP contribution in [0.15, 0.2) is 60.7 Å². The minimum Gasteiger partial charge on any atom is -0.478 e. The molecule has 2 aromatic rings. The second-order valence-corrected chi connectivity index (χ2v) is 4.63. The fourth-order valence-corrected chi connectivity index (χ4v) is 1.55. The van der Waals surface area contributed by atoms with Gasteiger partial charge < -0.3 is 9.84 Å². The number of aliphatic carboxylic acids is 1. The van der Waals surface area contributed by atoms with Crippen molar-refractivity contribution in [3.8, 4) is 0 Å². The summed E-state index contributed by atoms with van der Waals surface area (Å²) in [4.78, 5) is 20.7. The van der Waals surface area contributed by atoms with E-state index >= 15 is 0 Å². The van der Waals surface area contributed by atoms with E-state index in [1.807, 2.05) is 0 Å². The van der Waals surface area contributed by atoms with Gasteiger partial charge in [-0.2, -0.15) is 0 Å². The fraction of sp³-hybridized carbons (Fsp3) is 0.0526. The van der Waals surface area contributed by atoms with Crippen LogP contribution in [0.4, 0.5) is 8.78 Å². The number of halogens is 2. The van der Waals surface area contributed by atoms with E-state index < -0.39 is 11.9 Å². The first-order chi connectivity index (χ1) is 11.9. The van der Waals surface area contributed by atoms with Gasteiger partial charge in [-0.1, -0.05) is 24.3 Å². The molecule has 1 N–H and O–H groups in total. The lowest BCUT2D eigenvalue weighted by Gasteiger charge is -1.92. The van der Waals surface area contributed by atoms with Gasteiger partial charge in [-0.15, -0.1) is 0 Å². The van der Waals surface area contributed by atoms with Crippen molar-refractivity contribution in [2.24, 2.45) is 0 Å². The Bertz CT molecular complexity index is 748. The largest absolute Gasteiger partial charge is 0.478 e. The summed E-state index contributed by atoms with van der Waals surface area (Å²) >= 11 is 0. The number of rotatable bonds is 4. The Morgan fingerprint density at radius 1 is 0.840 bits per heavy atom. The normalized spacial score (nSPS) is 10.4. The zero-order valence-corrected chi connectivity index (χ0v) is 13.4. The van der Waals surface area contributed by atoms with E-state index in [4.69, 9.17) is 5.11 Å². The molecule has 2 rings (SSSR count). The third-order valence-electron chi connectivity index (χ3n) is 2.77. The van der Waals surface area contributed by atoms with Gasteiger partial charge in [0.25, 0.3) is 0 Å². The second-order valence-electron chi connectivity index (χ2n) is 4.63. The summed E-state index contributed by atoms with van der Waals surface area (Å²) in [5.41, 5.74) is 1.42. The van der Waals surface area contributed by atoms with E-state index in [0.717, 1.165) is 11.6 Å². The van der Waals surface area contributed by atoms with Crippen molar-refractivity contribution in [2.75, 3.05) is 7.11 Å². The number of carbonyl (C=O) groups is 2. The zero-order chi connectivity index (χ0) is 18.7. The summed E-state index contributed by atoms with van der Waals surface area (Å²) in [6.07, 6.45) is 5.26. The highest BCUT2D eigenvalue weighted by Crippen LogP contribution is 2.05. The van der Waals surface area contributed by atoms with E-state index in [2.05, 4.69) is 4.74 Å². The first-order valence-electron chi connectivity index (χ1n) is 7.09. The van der Waals surface area contributed by atoms with Gasteiger partial charge in [0.2, 0.25) is 0 Å². The quantitative estimate of drug-likeness (QED) is 0.673. The lowest BCUT2D eigenvalue weighted by atomic mass is 10.2. The zero-order valence-electron chi connectivity index (χ0n) is 13.4. The average molecular weight is 346 g/mol. The Balaban J connectivity index is 0.000000251. The topological polar surface area (TPSA) is 63.6 Å². The number of benzene rings is 2. The minimum atomic E-state index is -1.01. The van der Waals surface area contributed by atoms with Crippen molar-refractivity contribution in [1.82, 2.24) is 0 Å². The van der Waals surface area contributed by atoms with Gasteiger partial charge in [-0.25, -0.2) is 18.4 Å². The van der Waals surface area contributed by atoms with Gasteiger partial charge in [0, 0.05) is 12.2 Å². The fourth-order valence-electron chi connectivity index (χ4n) is 1.55. The van der Waals surface area contributed by atoms with Crippen LogP contribution in [0, 0.1) is 11.6 Å². The summed E-state index contributed by atoms with van der Waals surface area (Å²) < 4.78 is 29.2. The molecule has 0 atom stereocenters. The molecule has 2 aromatic carbocycles. The third kappa shape index (κ3) is 8.80. The van der Waals surface area contributed by atoms with Crippen molar-refractivity contribution < 1.29 is 28.2 Å². The third-order valence-corrected chi connectivity index (χ3v) is 2.77. The predicted octanol–water partition coefficient (Wildman–Crippen LogP) is 3.94. The van der Waals surface area contributed by atoms with Crippen LogP contribution in [-0.4, -0.2) is 24.2 Å². The molecule has 0 radical (unpaired) electrons. The lowest BCUT2D eigenvalue weighted by Crippen LogP contribution is -1.93. The van der Waals surface area contributed by atoms with Crippen LogP contribution in [0.3, 0.4) is 0 Å². The Labute approximate surface area is 143 Å². The molecule has 4 nitrogen and oxygen atoms in total. The molecule has 0 heterocycles. The minimum absolute atomic E-state index is 0.296. The van der Waals surface area contributed by atoms with Gasteiger partial charge in [0.05, 0.1) is 7.11 Å². The number of ether oxygens (including phenoxy) is 1. The van der Waals surface area contributed by atoms with Gasteiger partial charge >= 0.3 is 11.9 Å². The molecule has 130 valence electrons. The van der Waals surface area contributed by atoms with Gasteiger partial charge in [-0.3, -0.25) is 0 Å². The molecule has 0 aliphatic heterocycles. The first kappa shape index (κ1) is 19.8. The molecular weight excluding hydrogens is 330 g/mol. The van der Waals surface area contributed by atoms with Gasteiger partial charge in [-0.05, 0) is 47.5 Å². The highest BCUT2D eigenvalue weighted by Gasteiger charge is 1.92. The Morgan fingerprint density at radius 3 is 1.60 bits per heavy atom. The van der Waals surface area contributed by atoms with E-state index in [1.54, 1.807) is 18.2 Å². The molecular formula is C19H16F2O4. The van der Waals surface area contributed by atoms with Crippen molar-refractivity contribution in [2.45, 2.75) is 0 Å². The van der Waals surface area contributed by atoms with Crippen molar-refractivity contribution >= 4 is 24.1 Å². The molecule has 0 aliphatic rings. The van der Waals surface area contributed by atoms with Crippen LogP contribution in [0.1, 0.15) is 11.1 Å². The summed E-state index contributed by atoms with van der Waals surface area (Å²) in [5.74, 6) is -2.07. The molecule has 0 saturated carbocycles. The number of esters is 1. The van der Waals surface area contributed by atoms with Crippen LogP contribution < -0.4 is 0 Å². The van der Waals surface area contributed by atoms with E-state index in [-0.39, 0.29) is 11.6 Å². The number of methoxy groups -OCH3 is 1. The number of hydrogen-bond acceptors (Lipinski definition) is 3. The standard InChI is InChI=1S/C10H9FO2.C9H7FO2/c1-13-10(12)7-4-8-2-5-9(11)6-3-8;10-8-4-1-7(2-5-8)3-6-9(11)12/h2-7H,1H3;1-6H,(H,11,12)/b7-4+;6-3+. The Hall–Kier alpha value is -3.28. The van der Waals surface area contributed by atoms with Crippen molar-refractivity contribution in [1.29, 1.82) is 0 Å². The van der Waals surface area contributed by atoms with Crippen LogP contribution in [0.5, 0.6) is 0 Å². The molecule has 0 aliphatic carbocycles. The first-order valence-corrected chi connectivity index (χ1v) is 7.09. The number of carboxylic acids is 1. The van der Waals surface area contributed by atoms with E-state index in [1.165, 1.54) is 55.7 Å². The number of hydrogen-bond donors (Lipinski definition) is 1. The van der Waals surface area contributed by atoms with Crippen LogP contribution >= 0.6 is 0 Å². The highest BCUT2D eigenvalue weighted by atomic mass is 19.1. The molecule has 0 saturated heterocycles. The summed E-state index contributed by atoms with van der Waals surface area (Å²) in [6.45, 7) is 0. The lowest BCUT2D eigenvalue weighted by molar-refractivity contribution is -0.135. The van der Waals surface area contributed by atoms with E-state index in [0.29, 0.717) is 5.56 Å². The molecule has 0 spiro atoms. The summed E-state index contributed by atoms with van der Waals surface area (Å²) in [5, 5.41) is 8.27. The monoisotopic (exact) mass is 346 g/mol. The number of carboxylic acid groups (broad SMARTS) is 1. The molecule has 0 bridgehead atoms. The van der Waals surface area contributed by atoms with Crippen molar-refractivity contribution in [3.05, 3.63) is 83.4 Å². The average Bonchev–Trinajstić information content (AvgIpc) is 2.61. The maximum absolute atomic E-state index is 12.4. The Morgan fingerprint density at radius 2 is 1.24 bits per heavy atom. The van der Waals surface area contributed by atoms with Gasteiger partial charge in [0.1, 0.15) is 11.6 Å². The van der Waals surface area contributed by atoms with Crippen molar-refractivity contribution in [3.63, 3.8) is 0 Å². The second kappa shape index (κ2) is 10.5. The maximum atomic E-state index is 12.4. The summed E-state index contributed by atoms with van der Waals surface area (Å²) in [7, 11) is 1.30. The molecule has 0 fully saturated rings. The molecule has 0 unspecified atom stereocenters. The molecule has 0 aromatic heterocycles. The molecule has 6 heteroatoms. The molecule has 25 heavy (non-hydrogen) atoms.